The monoisotopic (exact) mass is 233 g/mol. The van der Waals surface area contributed by atoms with Crippen molar-refractivity contribution in [2.75, 3.05) is 11.9 Å². The highest BCUT2D eigenvalue weighted by atomic mass is 19.1. The number of benzene rings is 1. The standard InChI is InChI=1S/C15H20FN/c1-10-3-2-4-11(7-10)14-9-17-15-6-5-12(16)8-13(14)15/h5-6,8,10-11,14,17H,2-4,7,9H2,1H3. The molecule has 3 rings (SSSR count). The molecule has 1 aromatic carbocycles. The highest BCUT2D eigenvalue weighted by Crippen LogP contribution is 2.43. The maximum Gasteiger partial charge on any atom is 0.123 e. The van der Waals surface area contributed by atoms with E-state index in [0.717, 1.165) is 24.1 Å². The molecule has 92 valence electrons. The van der Waals surface area contributed by atoms with Crippen LogP contribution >= 0.6 is 0 Å². The summed E-state index contributed by atoms with van der Waals surface area (Å²) in [4.78, 5) is 0. The van der Waals surface area contributed by atoms with Gasteiger partial charge in [0.05, 0.1) is 0 Å². The molecule has 1 aliphatic heterocycles. The molecule has 1 N–H and O–H groups in total. The summed E-state index contributed by atoms with van der Waals surface area (Å²) in [6.07, 6.45) is 5.33. The van der Waals surface area contributed by atoms with Gasteiger partial charge in [0.25, 0.3) is 0 Å². The Hall–Kier alpha value is -1.05. The van der Waals surface area contributed by atoms with Crippen molar-refractivity contribution in [2.45, 2.75) is 38.5 Å². The number of fused-ring (bicyclic) bond motifs is 1. The molecule has 1 fully saturated rings. The Morgan fingerprint density at radius 2 is 2.18 bits per heavy atom. The van der Waals surface area contributed by atoms with Gasteiger partial charge < -0.3 is 5.32 Å². The summed E-state index contributed by atoms with van der Waals surface area (Å²) < 4.78 is 13.4. The maximum atomic E-state index is 13.4. The molecule has 2 heteroatoms. The van der Waals surface area contributed by atoms with Crippen LogP contribution < -0.4 is 5.32 Å². The highest BCUT2D eigenvalue weighted by Gasteiger charge is 2.32. The summed E-state index contributed by atoms with van der Waals surface area (Å²) >= 11 is 0. The lowest BCUT2D eigenvalue weighted by Crippen LogP contribution is -2.21. The number of hydrogen-bond acceptors (Lipinski definition) is 1. The summed E-state index contributed by atoms with van der Waals surface area (Å²) in [7, 11) is 0. The molecule has 1 aromatic rings. The molecule has 3 unspecified atom stereocenters. The number of hydrogen-bond donors (Lipinski definition) is 1. The molecule has 1 aliphatic carbocycles. The summed E-state index contributed by atoms with van der Waals surface area (Å²) in [5.74, 6) is 2.02. The van der Waals surface area contributed by atoms with E-state index in [0.29, 0.717) is 5.92 Å². The molecule has 1 saturated carbocycles. The molecule has 1 nitrogen and oxygen atoms in total. The van der Waals surface area contributed by atoms with Crippen molar-refractivity contribution in [1.29, 1.82) is 0 Å². The van der Waals surface area contributed by atoms with Crippen LogP contribution in [0.2, 0.25) is 0 Å². The first kappa shape index (κ1) is 11.1. The Labute approximate surface area is 102 Å². The minimum Gasteiger partial charge on any atom is -0.384 e. The molecule has 17 heavy (non-hydrogen) atoms. The summed E-state index contributed by atoms with van der Waals surface area (Å²) in [6.45, 7) is 3.34. The molecule has 0 spiro atoms. The molecular weight excluding hydrogens is 213 g/mol. The number of halogens is 1. The van der Waals surface area contributed by atoms with Crippen LogP contribution in [0.5, 0.6) is 0 Å². The molecular formula is C15H20FN. The van der Waals surface area contributed by atoms with Crippen LogP contribution in [0.4, 0.5) is 10.1 Å². The Kier molecular flexibility index (Phi) is 2.81. The van der Waals surface area contributed by atoms with E-state index in [1.54, 1.807) is 12.1 Å². The predicted molar refractivity (Wildman–Crippen MR) is 68.8 cm³/mol. The second-order valence-corrected chi connectivity index (χ2v) is 5.75. The van der Waals surface area contributed by atoms with E-state index in [9.17, 15) is 4.39 Å². The van der Waals surface area contributed by atoms with Crippen molar-refractivity contribution in [2.24, 2.45) is 11.8 Å². The lowest BCUT2D eigenvalue weighted by Gasteiger charge is -2.31. The predicted octanol–water partition coefficient (Wildman–Crippen LogP) is 4.16. The number of nitrogens with one attached hydrogen (secondary N) is 1. The second kappa shape index (κ2) is 4.32. The first-order valence-corrected chi connectivity index (χ1v) is 6.77. The van der Waals surface area contributed by atoms with Crippen molar-refractivity contribution in [3.05, 3.63) is 29.6 Å². The van der Waals surface area contributed by atoms with Crippen LogP contribution in [-0.4, -0.2) is 6.54 Å². The fraction of sp³-hybridized carbons (Fsp3) is 0.600. The Morgan fingerprint density at radius 1 is 1.29 bits per heavy atom. The van der Waals surface area contributed by atoms with Gasteiger partial charge in [-0.1, -0.05) is 19.8 Å². The quantitative estimate of drug-likeness (QED) is 0.768. The van der Waals surface area contributed by atoms with E-state index in [1.807, 2.05) is 6.07 Å². The number of rotatable bonds is 1. The lowest BCUT2D eigenvalue weighted by atomic mass is 9.74. The van der Waals surface area contributed by atoms with Gasteiger partial charge in [0.2, 0.25) is 0 Å². The van der Waals surface area contributed by atoms with E-state index < -0.39 is 0 Å². The van der Waals surface area contributed by atoms with Crippen molar-refractivity contribution in [3.8, 4) is 0 Å². The van der Waals surface area contributed by atoms with Crippen LogP contribution in [0.25, 0.3) is 0 Å². The maximum absolute atomic E-state index is 13.4. The molecule has 0 amide bonds. The molecule has 0 radical (unpaired) electrons. The molecule has 0 aromatic heterocycles. The van der Waals surface area contributed by atoms with Crippen LogP contribution in [0.1, 0.15) is 44.1 Å². The average molecular weight is 233 g/mol. The van der Waals surface area contributed by atoms with Crippen molar-refractivity contribution in [3.63, 3.8) is 0 Å². The van der Waals surface area contributed by atoms with Crippen molar-refractivity contribution < 1.29 is 4.39 Å². The van der Waals surface area contributed by atoms with E-state index in [4.69, 9.17) is 0 Å². The van der Waals surface area contributed by atoms with E-state index in [1.165, 1.54) is 31.2 Å². The third kappa shape index (κ3) is 2.05. The largest absolute Gasteiger partial charge is 0.384 e. The topological polar surface area (TPSA) is 12.0 Å². The van der Waals surface area contributed by atoms with Crippen molar-refractivity contribution >= 4 is 5.69 Å². The van der Waals surface area contributed by atoms with Crippen molar-refractivity contribution in [1.82, 2.24) is 0 Å². The Bertz CT molecular complexity index is 415. The van der Waals surface area contributed by atoms with Crippen LogP contribution in [0, 0.1) is 17.7 Å². The van der Waals surface area contributed by atoms with Gasteiger partial charge in [0, 0.05) is 18.2 Å². The minimum absolute atomic E-state index is 0.0960. The summed E-state index contributed by atoms with van der Waals surface area (Å²) in [6, 6.07) is 5.17. The zero-order valence-electron chi connectivity index (χ0n) is 10.4. The molecule has 3 atom stereocenters. The van der Waals surface area contributed by atoms with Gasteiger partial charge in [-0.3, -0.25) is 0 Å². The van der Waals surface area contributed by atoms with Gasteiger partial charge in [-0.25, -0.2) is 4.39 Å². The average Bonchev–Trinajstić information content (AvgIpc) is 2.71. The van der Waals surface area contributed by atoms with Gasteiger partial charge in [0.15, 0.2) is 0 Å². The van der Waals surface area contributed by atoms with E-state index in [2.05, 4.69) is 12.2 Å². The second-order valence-electron chi connectivity index (χ2n) is 5.75. The molecule has 0 saturated heterocycles. The van der Waals surface area contributed by atoms with Crippen LogP contribution in [0.15, 0.2) is 18.2 Å². The molecule has 2 aliphatic rings. The fourth-order valence-electron chi connectivity index (χ4n) is 3.60. The summed E-state index contributed by atoms with van der Waals surface area (Å²) in [5, 5.41) is 3.42. The Balaban J connectivity index is 1.84. The third-order valence-electron chi connectivity index (χ3n) is 4.47. The lowest BCUT2D eigenvalue weighted by molar-refractivity contribution is 0.253. The first-order chi connectivity index (χ1) is 8.24. The minimum atomic E-state index is -0.0960. The molecule has 1 heterocycles. The number of anilines is 1. The van der Waals surface area contributed by atoms with Gasteiger partial charge in [-0.15, -0.1) is 0 Å². The highest BCUT2D eigenvalue weighted by molar-refractivity contribution is 5.58. The van der Waals surface area contributed by atoms with Gasteiger partial charge >= 0.3 is 0 Å². The zero-order chi connectivity index (χ0) is 11.8. The zero-order valence-corrected chi connectivity index (χ0v) is 10.4. The summed E-state index contributed by atoms with van der Waals surface area (Å²) in [5.41, 5.74) is 2.36. The smallest absolute Gasteiger partial charge is 0.123 e. The van der Waals surface area contributed by atoms with Crippen LogP contribution in [-0.2, 0) is 0 Å². The van der Waals surface area contributed by atoms with E-state index in [-0.39, 0.29) is 5.82 Å². The van der Waals surface area contributed by atoms with Gasteiger partial charge in [-0.2, -0.15) is 0 Å². The van der Waals surface area contributed by atoms with Gasteiger partial charge in [-0.05, 0) is 48.4 Å². The Morgan fingerprint density at radius 3 is 3.00 bits per heavy atom. The molecule has 0 bridgehead atoms. The SMILES string of the molecule is CC1CCCC(C2CNc3ccc(F)cc32)C1. The van der Waals surface area contributed by atoms with Gasteiger partial charge in [0.1, 0.15) is 5.82 Å². The van der Waals surface area contributed by atoms with Crippen LogP contribution in [0.3, 0.4) is 0 Å². The first-order valence-electron chi connectivity index (χ1n) is 6.77. The fourth-order valence-corrected chi connectivity index (χ4v) is 3.60. The normalized spacial score (nSPS) is 32.0. The third-order valence-corrected chi connectivity index (χ3v) is 4.47. The van der Waals surface area contributed by atoms with E-state index >= 15 is 0 Å².